The van der Waals surface area contributed by atoms with Crippen LogP contribution in [0.3, 0.4) is 0 Å². The van der Waals surface area contributed by atoms with Crippen molar-refractivity contribution in [1.29, 1.82) is 0 Å². The molecule has 0 bridgehead atoms. The summed E-state index contributed by atoms with van der Waals surface area (Å²) >= 11 is 0. The van der Waals surface area contributed by atoms with Crippen LogP contribution in [-0.4, -0.2) is 12.0 Å². The van der Waals surface area contributed by atoms with Crippen LogP contribution >= 0.6 is 0 Å². The SMILES string of the molecule is CC1CC(=O)CC(C(F)(F)F)C1. The third-order valence-corrected chi connectivity index (χ3v) is 2.20. The Kier molecular flexibility index (Phi) is 2.44. The number of alkyl halides is 3. The first-order valence-electron chi connectivity index (χ1n) is 3.98. The summed E-state index contributed by atoms with van der Waals surface area (Å²) in [6.07, 6.45) is -4.08. The highest BCUT2D eigenvalue weighted by Crippen LogP contribution is 2.38. The van der Waals surface area contributed by atoms with Gasteiger partial charge in [-0.2, -0.15) is 13.2 Å². The van der Waals surface area contributed by atoms with E-state index in [9.17, 15) is 18.0 Å². The number of hydrogen-bond acceptors (Lipinski definition) is 1. The first kappa shape index (κ1) is 9.55. The number of carbonyl (C=O) groups is 1. The minimum atomic E-state index is -4.19. The molecule has 1 aliphatic rings. The molecule has 0 heterocycles. The van der Waals surface area contributed by atoms with Gasteiger partial charge in [-0.1, -0.05) is 6.92 Å². The summed E-state index contributed by atoms with van der Waals surface area (Å²) in [6.45, 7) is 1.69. The van der Waals surface area contributed by atoms with Crippen LogP contribution in [-0.2, 0) is 4.79 Å². The van der Waals surface area contributed by atoms with Crippen molar-refractivity contribution in [2.24, 2.45) is 11.8 Å². The first-order chi connectivity index (χ1) is 5.39. The average molecular weight is 180 g/mol. The molecule has 0 saturated heterocycles. The molecule has 1 fully saturated rings. The van der Waals surface area contributed by atoms with Crippen molar-refractivity contribution in [1.82, 2.24) is 0 Å². The zero-order valence-electron chi connectivity index (χ0n) is 6.82. The lowest BCUT2D eigenvalue weighted by Crippen LogP contribution is -2.32. The van der Waals surface area contributed by atoms with Crippen LogP contribution < -0.4 is 0 Å². The number of hydrogen-bond donors (Lipinski definition) is 0. The molecule has 0 aromatic heterocycles. The Bertz CT molecular complexity index is 185. The van der Waals surface area contributed by atoms with E-state index in [1.165, 1.54) is 0 Å². The Morgan fingerprint density at radius 3 is 2.33 bits per heavy atom. The summed E-state index contributed by atoms with van der Waals surface area (Å²) in [5.41, 5.74) is 0. The van der Waals surface area contributed by atoms with Crippen LogP contribution in [0.4, 0.5) is 13.2 Å². The molecular formula is C8H11F3O. The minimum absolute atomic E-state index is 0.106. The molecule has 0 radical (unpaired) electrons. The van der Waals surface area contributed by atoms with Crippen molar-refractivity contribution in [2.45, 2.75) is 32.4 Å². The third kappa shape index (κ3) is 2.22. The number of rotatable bonds is 0. The first-order valence-corrected chi connectivity index (χ1v) is 3.98. The molecule has 12 heavy (non-hydrogen) atoms. The van der Waals surface area contributed by atoms with Crippen LogP contribution in [0.2, 0.25) is 0 Å². The van der Waals surface area contributed by atoms with Crippen molar-refractivity contribution in [3.8, 4) is 0 Å². The van der Waals surface area contributed by atoms with E-state index in [-0.39, 0.29) is 24.5 Å². The standard InChI is InChI=1S/C8H11F3O/c1-5-2-6(8(9,10)11)4-7(12)3-5/h5-6H,2-4H2,1H3. The highest BCUT2D eigenvalue weighted by molar-refractivity contribution is 5.79. The second-order valence-corrected chi connectivity index (χ2v) is 3.53. The topological polar surface area (TPSA) is 17.1 Å². The zero-order valence-corrected chi connectivity index (χ0v) is 6.82. The molecule has 2 atom stereocenters. The van der Waals surface area contributed by atoms with Crippen LogP contribution in [0.15, 0.2) is 0 Å². The molecule has 1 nitrogen and oxygen atoms in total. The van der Waals surface area contributed by atoms with E-state index in [0.29, 0.717) is 6.42 Å². The number of halogens is 3. The van der Waals surface area contributed by atoms with Gasteiger partial charge >= 0.3 is 6.18 Å². The molecule has 2 unspecified atom stereocenters. The summed E-state index contributed by atoms with van der Waals surface area (Å²) in [6, 6.07) is 0. The van der Waals surface area contributed by atoms with Crippen LogP contribution in [0.1, 0.15) is 26.2 Å². The van der Waals surface area contributed by atoms with Crippen molar-refractivity contribution in [2.75, 3.05) is 0 Å². The number of ketones is 1. The lowest BCUT2D eigenvalue weighted by molar-refractivity contribution is -0.186. The van der Waals surface area contributed by atoms with E-state index in [4.69, 9.17) is 0 Å². The monoisotopic (exact) mass is 180 g/mol. The van der Waals surface area contributed by atoms with Crippen molar-refractivity contribution < 1.29 is 18.0 Å². The summed E-state index contributed by atoms with van der Waals surface area (Å²) in [7, 11) is 0. The van der Waals surface area contributed by atoms with Crippen molar-refractivity contribution in [3.05, 3.63) is 0 Å². The van der Waals surface area contributed by atoms with Gasteiger partial charge in [0.1, 0.15) is 5.78 Å². The van der Waals surface area contributed by atoms with Crippen LogP contribution in [0, 0.1) is 11.8 Å². The molecule has 1 rings (SSSR count). The molecule has 1 saturated carbocycles. The maximum atomic E-state index is 12.1. The van der Waals surface area contributed by atoms with E-state index in [1.54, 1.807) is 6.92 Å². The molecule has 1 aliphatic carbocycles. The maximum Gasteiger partial charge on any atom is 0.392 e. The van der Waals surface area contributed by atoms with Gasteiger partial charge in [-0.3, -0.25) is 4.79 Å². The quantitative estimate of drug-likeness (QED) is 0.559. The molecule has 0 aromatic rings. The van der Waals surface area contributed by atoms with Gasteiger partial charge in [0.25, 0.3) is 0 Å². The summed E-state index contributed by atoms with van der Waals surface area (Å²) in [4.78, 5) is 10.8. The van der Waals surface area contributed by atoms with Crippen LogP contribution in [0.5, 0.6) is 0 Å². The Morgan fingerprint density at radius 2 is 1.92 bits per heavy atom. The number of Topliss-reactive ketones (excluding diaryl/α,β-unsaturated/α-hetero) is 1. The summed E-state index contributed by atoms with van der Waals surface area (Å²) < 4.78 is 36.4. The fraction of sp³-hybridized carbons (Fsp3) is 0.875. The third-order valence-electron chi connectivity index (χ3n) is 2.20. The predicted octanol–water partition coefficient (Wildman–Crippen LogP) is 2.55. The smallest absolute Gasteiger partial charge is 0.300 e. The van der Waals surface area contributed by atoms with Gasteiger partial charge in [0.05, 0.1) is 5.92 Å². The minimum Gasteiger partial charge on any atom is -0.300 e. The van der Waals surface area contributed by atoms with E-state index in [2.05, 4.69) is 0 Å². The van der Waals surface area contributed by atoms with Gasteiger partial charge in [0, 0.05) is 12.8 Å². The lowest BCUT2D eigenvalue weighted by atomic mass is 9.81. The van der Waals surface area contributed by atoms with Crippen molar-refractivity contribution >= 4 is 5.78 Å². The van der Waals surface area contributed by atoms with Gasteiger partial charge in [-0.05, 0) is 12.3 Å². The normalized spacial score (nSPS) is 32.2. The average Bonchev–Trinajstić information content (AvgIpc) is 1.82. The van der Waals surface area contributed by atoms with Crippen molar-refractivity contribution in [3.63, 3.8) is 0 Å². The molecular weight excluding hydrogens is 169 g/mol. The molecule has 70 valence electrons. The lowest BCUT2D eigenvalue weighted by Gasteiger charge is -2.27. The van der Waals surface area contributed by atoms with E-state index >= 15 is 0 Å². The van der Waals surface area contributed by atoms with Gasteiger partial charge in [0.15, 0.2) is 0 Å². The van der Waals surface area contributed by atoms with E-state index in [1.807, 2.05) is 0 Å². The van der Waals surface area contributed by atoms with E-state index in [0.717, 1.165) is 0 Å². The second kappa shape index (κ2) is 3.07. The van der Waals surface area contributed by atoms with Crippen LogP contribution in [0.25, 0.3) is 0 Å². The van der Waals surface area contributed by atoms with Gasteiger partial charge in [0.2, 0.25) is 0 Å². The molecule has 0 spiro atoms. The fourth-order valence-corrected chi connectivity index (χ4v) is 1.65. The maximum absolute atomic E-state index is 12.1. The second-order valence-electron chi connectivity index (χ2n) is 3.53. The van der Waals surface area contributed by atoms with Gasteiger partial charge < -0.3 is 0 Å². The molecule has 0 aliphatic heterocycles. The highest BCUT2D eigenvalue weighted by Gasteiger charge is 2.43. The summed E-state index contributed by atoms with van der Waals surface area (Å²) in [5.74, 6) is -1.76. The molecule has 0 N–H and O–H groups in total. The summed E-state index contributed by atoms with van der Waals surface area (Å²) in [5, 5.41) is 0. The Morgan fingerprint density at radius 1 is 1.33 bits per heavy atom. The largest absolute Gasteiger partial charge is 0.392 e. The molecule has 4 heteroatoms. The molecule has 0 amide bonds. The Balaban J connectivity index is 2.62. The molecule has 0 aromatic carbocycles. The van der Waals surface area contributed by atoms with Gasteiger partial charge in [-0.25, -0.2) is 0 Å². The van der Waals surface area contributed by atoms with Gasteiger partial charge in [-0.15, -0.1) is 0 Å². The Hall–Kier alpha value is -0.540. The van der Waals surface area contributed by atoms with E-state index < -0.39 is 12.1 Å². The fourth-order valence-electron chi connectivity index (χ4n) is 1.65. The Labute approximate surface area is 68.9 Å². The zero-order chi connectivity index (χ0) is 9.35. The number of carbonyl (C=O) groups excluding carboxylic acids is 1. The highest BCUT2D eigenvalue weighted by atomic mass is 19.4. The predicted molar refractivity (Wildman–Crippen MR) is 37.6 cm³/mol.